The van der Waals surface area contributed by atoms with Crippen molar-refractivity contribution in [3.63, 3.8) is 0 Å². The number of hydrogen-bond acceptors (Lipinski definition) is 4. The quantitative estimate of drug-likeness (QED) is 0.940. The highest BCUT2D eigenvalue weighted by Gasteiger charge is 2.12. The molecule has 1 aromatic carbocycles. The molecule has 0 aliphatic carbocycles. The minimum atomic E-state index is -0.0299. The second kappa shape index (κ2) is 6.05. The number of rotatable bonds is 4. The van der Waals surface area contributed by atoms with Gasteiger partial charge in [-0.05, 0) is 31.9 Å². The maximum Gasteiger partial charge on any atom is 0.243 e. The predicted octanol–water partition coefficient (Wildman–Crippen LogP) is 3.14. The van der Waals surface area contributed by atoms with Gasteiger partial charge < -0.3 is 10.2 Å². The normalized spacial score (nSPS) is 10.4. The first-order valence-electron chi connectivity index (χ1n) is 6.47. The Morgan fingerprint density at radius 1 is 1.30 bits per heavy atom. The van der Waals surface area contributed by atoms with E-state index in [4.69, 9.17) is 0 Å². The van der Waals surface area contributed by atoms with Crippen LogP contribution in [0.15, 0.2) is 24.4 Å². The van der Waals surface area contributed by atoms with Crippen molar-refractivity contribution < 1.29 is 4.79 Å². The highest BCUT2D eigenvalue weighted by Crippen LogP contribution is 2.21. The molecule has 106 valence electrons. The summed E-state index contributed by atoms with van der Waals surface area (Å²) < 4.78 is 0. The number of thiazole rings is 1. The molecule has 0 spiro atoms. The van der Waals surface area contributed by atoms with Crippen molar-refractivity contribution in [1.29, 1.82) is 0 Å². The highest BCUT2D eigenvalue weighted by atomic mass is 32.1. The lowest BCUT2D eigenvalue weighted by molar-refractivity contribution is -0.114. The summed E-state index contributed by atoms with van der Waals surface area (Å²) in [7, 11) is 1.88. The lowest BCUT2D eigenvalue weighted by Gasteiger charge is -2.17. The van der Waals surface area contributed by atoms with Crippen molar-refractivity contribution >= 4 is 28.1 Å². The second-order valence-corrected chi connectivity index (χ2v) is 6.14. The average molecular weight is 289 g/mol. The summed E-state index contributed by atoms with van der Waals surface area (Å²) in [5, 5.41) is 3.84. The molecule has 5 heteroatoms. The van der Waals surface area contributed by atoms with Crippen molar-refractivity contribution in [2.24, 2.45) is 0 Å². The molecular formula is C15H19N3OS. The fourth-order valence-electron chi connectivity index (χ4n) is 1.99. The number of carbonyl (C=O) groups excluding carboxylic acids is 1. The Morgan fingerprint density at radius 2 is 1.95 bits per heavy atom. The van der Waals surface area contributed by atoms with Crippen LogP contribution in [0.2, 0.25) is 0 Å². The van der Waals surface area contributed by atoms with Gasteiger partial charge in [0.25, 0.3) is 0 Å². The summed E-state index contributed by atoms with van der Waals surface area (Å²) in [6, 6.07) is 5.98. The number of anilines is 2. The zero-order chi connectivity index (χ0) is 14.7. The van der Waals surface area contributed by atoms with Gasteiger partial charge in [0, 0.05) is 23.8 Å². The molecule has 0 saturated carbocycles. The van der Waals surface area contributed by atoms with E-state index in [0.717, 1.165) is 26.8 Å². The minimum Gasteiger partial charge on any atom is -0.342 e. The lowest BCUT2D eigenvalue weighted by atomic mass is 10.1. The number of nitrogens with one attached hydrogen (secondary N) is 1. The van der Waals surface area contributed by atoms with Crippen molar-refractivity contribution in [2.45, 2.75) is 20.8 Å². The van der Waals surface area contributed by atoms with Crippen LogP contribution in [0.4, 0.5) is 10.8 Å². The fourth-order valence-corrected chi connectivity index (χ4v) is 2.71. The van der Waals surface area contributed by atoms with E-state index in [1.807, 2.05) is 57.1 Å². The molecule has 0 aliphatic rings. The van der Waals surface area contributed by atoms with Gasteiger partial charge in [0.1, 0.15) is 0 Å². The van der Waals surface area contributed by atoms with Crippen molar-refractivity contribution in [2.75, 3.05) is 23.8 Å². The molecule has 1 N–H and O–H groups in total. The molecule has 0 radical (unpaired) electrons. The smallest absolute Gasteiger partial charge is 0.243 e. The second-order valence-electron chi connectivity index (χ2n) is 4.92. The van der Waals surface area contributed by atoms with Crippen molar-refractivity contribution in [3.8, 4) is 0 Å². The summed E-state index contributed by atoms with van der Waals surface area (Å²) in [4.78, 5) is 19.4. The maximum absolute atomic E-state index is 12.1. The van der Waals surface area contributed by atoms with E-state index in [1.54, 1.807) is 11.3 Å². The minimum absolute atomic E-state index is 0.0299. The number of likely N-dealkylation sites (N-methyl/N-ethyl adjacent to an activating group) is 1. The van der Waals surface area contributed by atoms with Gasteiger partial charge in [0.15, 0.2) is 5.13 Å². The van der Waals surface area contributed by atoms with Crippen LogP contribution in [-0.4, -0.2) is 24.5 Å². The molecule has 0 unspecified atom stereocenters. The van der Waals surface area contributed by atoms with Gasteiger partial charge in [0.05, 0.1) is 6.54 Å². The summed E-state index contributed by atoms with van der Waals surface area (Å²) in [5.41, 5.74) is 3.05. The van der Waals surface area contributed by atoms with Crippen LogP contribution in [0.3, 0.4) is 0 Å². The van der Waals surface area contributed by atoms with E-state index >= 15 is 0 Å². The SMILES string of the molecule is Cc1cnc(N(C)CC(=O)Nc2c(C)cccc2C)s1. The molecule has 0 aliphatic heterocycles. The van der Waals surface area contributed by atoms with Gasteiger partial charge in [0.2, 0.25) is 5.91 Å². The largest absolute Gasteiger partial charge is 0.342 e. The lowest BCUT2D eigenvalue weighted by Crippen LogP contribution is -2.30. The number of aromatic nitrogens is 1. The third-order valence-corrected chi connectivity index (χ3v) is 4.09. The molecule has 0 saturated heterocycles. The molecule has 1 heterocycles. The Hall–Kier alpha value is -1.88. The van der Waals surface area contributed by atoms with Gasteiger partial charge in [-0.1, -0.05) is 18.2 Å². The first-order valence-corrected chi connectivity index (χ1v) is 7.28. The van der Waals surface area contributed by atoms with Crippen LogP contribution in [0, 0.1) is 20.8 Å². The van der Waals surface area contributed by atoms with Crippen LogP contribution in [-0.2, 0) is 4.79 Å². The van der Waals surface area contributed by atoms with Crippen molar-refractivity contribution in [1.82, 2.24) is 4.98 Å². The van der Waals surface area contributed by atoms with Gasteiger partial charge in [-0.15, -0.1) is 11.3 Å². The van der Waals surface area contributed by atoms with Gasteiger partial charge in [-0.25, -0.2) is 4.98 Å². The van der Waals surface area contributed by atoms with Gasteiger partial charge in [-0.3, -0.25) is 4.79 Å². The third kappa shape index (κ3) is 3.36. The highest BCUT2D eigenvalue weighted by molar-refractivity contribution is 7.15. The van der Waals surface area contributed by atoms with E-state index in [1.165, 1.54) is 0 Å². The Bertz CT molecular complexity index is 601. The Balaban J connectivity index is 2.02. The molecule has 1 amide bonds. The Kier molecular flexibility index (Phi) is 4.39. The van der Waals surface area contributed by atoms with E-state index in [2.05, 4.69) is 10.3 Å². The average Bonchev–Trinajstić information content (AvgIpc) is 2.81. The Morgan fingerprint density at radius 3 is 2.50 bits per heavy atom. The summed E-state index contributed by atoms with van der Waals surface area (Å²) in [6.07, 6.45) is 1.82. The summed E-state index contributed by atoms with van der Waals surface area (Å²) in [5.74, 6) is -0.0299. The van der Waals surface area contributed by atoms with Gasteiger partial charge in [-0.2, -0.15) is 0 Å². The number of nitrogens with zero attached hydrogens (tertiary/aromatic N) is 2. The molecule has 0 atom stereocenters. The number of aryl methyl sites for hydroxylation is 3. The first kappa shape index (κ1) is 14.5. The zero-order valence-electron chi connectivity index (χ0n) is 12.2. The standard InChI is InChI=1S/C15H19N3OS/c1-10-6-5-7-11(2)14(10)17-13(19)9-18(4)15-16-8-12(3)20-15/h5-8H,9H2,1-4H3,(H,17,19). The molecule has 4 nitrogen and oxygen atoms in total. The number of hydrogen-bond donors (Lipinski definition) is 1. The third-order valence-electron chi connectivity index (χ3n) is 3.06. The molecule has 2 aromatic rings. The van der Waals surface area contributed by atoms with Crippen LogP contribution in [0.5, 0.6) is 0 Å². The van der Waals surface area contributed by atoms with E-state index in [0.29, 0.717) is 6.54 Å². The number of amides is 1. The fraction of sp³-hybridized carbons (Fsp3) is 0.333. The number of benzene rings is 1. The van der Waals surface area contributed by atoms with E-state index in [9.17, 15) is 4.79 Å². The zero-order valence-corrected chi connectivity index (χ0v) is 13.0. The molecule has 20 heavy (non-hydrogen) atoms. The predicted molar refractivity (Wildman–Crippen MR) is 84.7 cm³/mol. The summed E-state index contributed by atoms with van der Waals surface area (Å²) in [6.45, 7) is 6.29. The number of carbonyl (C=O) groups is 1. The maximum atomic E-state index is 12.1. The van der Waals surface area contributed by atoms with Crippen LogP contribution in [0.25, 0.3) is 0 Å². The monoisotopic (exact) mass is 289 g/mol. The van der Waals surface area contributed by atoms with Crippen LogP contribution < -0.4 is 10.2 Å². The van der Waals surface area contributed by atoms with E-state index in [-0.39, 0.29) is 5.91 Å². The number of para-hydroxylation sites is 1. The molecule has 0 fully saturated rings. The molecule has 2 rings (SSSR count). The van der Waals surface area contributed by atoms with Crippen LogP contribution >= 0.6 is 11.3 Å². The van der Waals surface area contributed by atoms with Crippen LogP contribution in [0.1, 0.15) is 16.0 Å². The molecule has 1 aromatic heterocycles. The molecule has 0 bridgehead atoms. The Labute approximate surface area is 123 Å². The van der Waals surface area contributed by atoms with Crippen molar-refractivity contribution in [3.05, 3.63) is 40.4 Å². The van der Waals surface area contributed by atoms with Gasteiger partial charge >= 0.3 is 0 Å². The first-order chi connectivity index (χ1) is 9.47. The topological polar surface area (TPSA) is 45.2 Å². The summed E-state index contributed by atoms with van der Waals surface area (Å²) >= 11 is 1.59. The molecular weight excluding hydrogens is 270 g/mol. The van der Waals surface area contributed by atoms with E-state index < -0.39 is 0 Å².